The number of nitrogens with two attached hydrogens (primary N) is 1. The third kappa shape index (κ3) is 3.64. The number of aromatic nitrogens is 2. The maximum Gasteiger partial charge on any atom is 0.145 e. The quantitative estimate of drug-likeness (QED) is 0.678. The van der Waals surface area contributed by atoms with Crippen molar-refractivity contribution in [2.45, 2.75) is 12.8 Å². The lowest BCUT2D eigenvalue weighted by Crippen LogP contribution is -2.03. The number of hydrogen-bond acceptors (Lipinski definition) is 5. The first-order valence-corrected chi connectivity index (χ1v) is 7.00. The van der Waals surface area contributed by atoms with E-state index < -0.39 is 0 Å². The van der Waals surface area contributed by atoms with Crippen LogP contribution in [0, 0.1) is 0 Å². The summed E-state index contributed by atoms with van der Waals surface area (Å²) in [4.78, 5) is 8.35. The molecule has 0 radical (unpaired) electrons. The van der Waals surface area contributed by atoms with Crippen molar-refractivity contribution in [2.75, 3.05) is 12.8 Å². The standard InChI is InChI=1S/C16H17N3OS/c1-11(15-16(17)19-8-7-18-15)9-13(10-21)12-3-5-14(20-2)6-4-12/h3-11H,1-2H3,(H2,17,19)/b13-9+/t11-/m1/s1. The second kappa shape index (κ2) is 6.95. The van der Waals surface area contributed by atoms with E-state index in [1.807, 2.05) is 37.3 Å². The van der Waals surface area contributed by atoms with Gasteiger partial charge in [0.15, 0.2) is 0 Å². The van der Waals surface area contributed by atoms with Gasteiger partial charge in [-0.05, 0) is 23.3 Å². The summed E-state index contributed by atoms with van der Waals surface area (Å²) < 4.78 is 5.16. The molecule has 0 spiro atoms. The van der Waals surface area contributed by atoms with Gasteiger partial charge in [-0.2, -0.15) is 0 Å². The van der Waals surface area contributed by atoms with Gasteiger partial charge in [0.2, 0.25) is 0 Å². The van der Waals surface area contributed by atoms with E-state index in [-0.39, 0.29) is 5.92 Å². The van der Waals surface area contributed by atoms with Crippen LogP contribution in [-0.4, -0.2) is 22.4 Å². The molecule has 1 aromatic carbocycles. The fraction of sp³-hybridized carbons (Fsp3) is 0.188. The summed E-state index contributed by atoms with van der Waals surface area (Å²) in [6, 6.07) is 7.76. The Morgan fingerprint density at radius 1 is 1.24 bits per heavy atom. The summed E-state index contributed by atoms with van der Waals surface area (Å²) in [5.74, 6) is 1.28. The molecule has 1 atom stereocenters. The number of benzene rings is 1. The Balaban J connectivity index is 2.31. The zero-order valence-corrected chi connectivity index (χ0v) is 12.8. The second-order valence-electron chi connectivity index (χ2n) is 4.58. The van der Waals surface area contributed by atoms with Gasteiger partial charge in [-0.1, -0.05) is 37.4 Å². The Morgan fingerprint density at radius 3 is 2.48 bits per heavy atom. The summed E-state index contributed by atoms with van der Waals surface area (Å²) in [6.07, 6.45) is 5.26. The van der Waals surface area contributed by atoms with E-state index in [4.69, 9.17) is 22.7 Å². The molecule has 0 bridgehead atoms. The van der Waals surface area contributed by atoms with Crippen LogP contribution in [0.3, 0.4) is 0 Å². The number of thiocarbonyl (C=S) groups is 1. The summed E-state index contributed by atoms with van der Waals surface area (Å²) in [5.41, 5.74) is 8.59. The third-order valence-corrected chi connectivity index (χ3v) is 3.42. The van der Waals surface area contributed by atoms with Crippen molar-refractivity contribution in [1.29, 1.82) is 0 Å². The number of hydrogen-bond donors (Lipinski definition) is 1. The number of methoxy groups -OCH3 is 1. The fourth-order valence-corrected chi connectivity index (χ4v) is 2.26. The van der Waals surface area contributed by atoms with Crippen molar-refractivity contribution >= 4 is 29.0 Å². The van der Waals surface area contributed by atoms with Gasteiger partial charge in [-0.3, -0.25) is 4.98 Å². The Morgan fingerprint density at radius 2 is 1.90 bits per heavy atom. The lowest BCUT2D eigenvalue weighted by atomic mass is 9.99. The Kier molecular flexibility index (Phi) is 5.00. The first kappa shape index (κ1) is 15.1. The van der Waals surface area contributed by atoms with Crippen LogP contribution in [0.4, 0.5) is 5.82 Å². The fourth-order valence-electron chi connectivity index (χ4n) is 2.05. The van der Waals surface area contributed by atoms with Gasteiger partial charge >= 0.3 is 0 Å². The summed E-state index contributed by atoms with van der Waals surface area (Å²) in [7, 11) is 1.64. The van der Waals surface area contributed by atoms with Crippen LogP contribution >= 0.6 is 12.2 Å². The van der Waals surface area contributed by atoms with E-state index in [1.54, 1.807) is 24.9 Å². The average molecular weight is 299 g/mol. The molecule has 0 saturated carbocycles. The monoisotopic (exact) mass is 299 g/mol. The van der Waals surface area contributed by atoms with Crippen LogP contribution in [0.25, 0.3) is 5.57 Å². The molecule has 0 aliphatic carbocycles. The van der Waals surface area contributed by atoms with Crippen molar-refractivity contribution in [2.24, 2.45) is 0 Å². The van der Waals surface area contributed by atoms with Gasteiger partial charge in [0.1, 0.15) is 11.6 Å². The SMILES string of the molecule is COc1ccc(/C(C=S)=C/[C@@H](C)c2nccnc2N)cc1. The average Bonchev–Trinajstić information content (AvgIpc) is 2.53. The Labute approximate surface area is 129 Å². The molecule has 0 unspecified atom stereocenters. The number of nitrogens with zero attached hydrogens (tertiary/aromatic N) is 2. The van der Waals surface area contributed by atoms with Gasteiger partial charge in [0.25, 0.3) is 0 Å². The van der Waals surface area contributed by atoms with Crippen LogP contribution in [-0.2, 0) is 0 Å². The van der Waals surface area contributed by atoms with Crippen LogP contribution in [0.5, 0.6) is 5.75 Å². The lowest BCUT2D eigenvalue weighted by Gasteiger charge is -2.10. The topological polar surface area (TPSA) is 61.0 Å². The molecule has 1 heterocycles. The van der Waals surface area contributed by atoms with E-state index in [2.05, 4.69) is 9.97 Å². The number of allylic oxidation sites excluding steroid dienone is 2. The lowest BCUT2D eigenvalue weighted by molar-refractivity contribution is 0.415. The first-order chi connectivity index (χ1) is 10.2. The van der Waals surface area contributed by atoms with Crippen molar-refractivity contribution in [3.8, 4) is 5.75 Å². The molecule has 0 aliphatic rings. The minimum absolute atomic E-state index is 0.0231. The zero-order chi connectivity index (χ0) is 15.2. The largest absolute Gasteiger partial charge is 0.497 e. The highest BCUT2D eigenvalue weighted by Gasteiger charge is 2.10. The van der Waals surface area contributed by atoms with Crippen LogP contribution < -0.4 is 10.5 Å². The Hall–Kier alpha value is -2.27. The molecule has 21 heavy (non-hydrogen) atoms. The van der Waals surface area contributed by atoms with Crippen LogP contribution in [0.1, 0.15) is 24.1 Å². The van der Waals surface area contributed by atoms with E-state index in [0.29, 0.717) is 5.82 Å². The molecule has 0 saturated heterocycles. The molecule has 1 aromatic heterocycles. The predicted octanol–water partition coefficient (Wildman–Crippen LogP) is 3.25. The molecular weight excluding hydrogens is 282 g/mol. The second-order valence-corrected chi connectivity index (χ2v) is 4.82. The molecule has 2 N–H and O–H groups in total. The van der Waals surface area contributed by atoms with Crippen LogP contribution in [0.15, 0.2) is 42.7 Å². The third-order valence-electron chi connectivity index (χ3n) is 3.17. The van der Waals surface area contributed by atoms with E-state index >= 15 is 0 Å². The molecule has 2 rings (SSSR count). The van der Waals surface area contributed by atoms with Crippen LogP contribution in [0.2, 0.25) is 0 Å². The first-order valence-electron chi connectivity index (χ1n) is 6.53. The molecule has 0 amide bonds. The van der Waals surface area contributed by atoms with Gasteiger partial charge in [0, 0.05) is 23.7 Å². The summed E-state index contributed by atoms with van der Waals surface area (Å²) in [5, 5.41) is 1.66. The van der Waals surface area contributed by atoms with Crippen molar-refractivity contribution in [1.82, 2.24) is 9.97 Å². The minimum atomic E-state index is 0.0231. The highest BCUT2D eigenvalue weighted by molar-refractivity contribution is 7.79. The van der Waals surface area contributed by atoms with Crippen molar-refractivity contribution in [3.63, 3.8) is 0 Å². The zero-order valence-electron chi connectivity index (χ0n) is 12.0. The number of anilines is 1. The van der Waals surface area contributed by atoms with Crippen molar-refractivity contribution < 1.29 is 4.74 Å². The molecule has 4 nitrogen and oxygen atoms in total. The number of nitrogen functional groups attached to an aromatic ring is 1. The molecule has 0 fully saturated rings. The number of ether oxygens (including phenoxy) is 1. The summed E-state index contributed by atoms with van der Waals surface area (Å²) in [6.45, 7) is 2.02. The molecule has 2 aromatic rings. The van der Waals surface area contributed by atoms with Gasteiger partial charge in [0.05, 0.1) is 12.8 Å². The predicted molar refractivity (Wildman–Crippen MR) is 89.5 cm³/mol. The van der Waals surface area contributed by atoms with E-state index in [1.165, 1.54) is 0 Å². The molecule has 0 aliphatic heterocycles. The van der Waals surface area contributed by atoms with Gasteiger partial charge in [-0.25, -0.2) is 4.98 Å². The smallest absolute Gasteiger partial charge is 0.145 e. The highest BCUT2D eigenvalue weighted by Crippen LogP contribution is 2.24. The molecular formula is C16H17N3OS. The minimum Gasteiger partial charge on any atom is -0.497 e. The normalized spacial score (nSPS) is 12.8. The maximum atomic E-state index is 5.86. The number of rotatable bonds is 5. The summed E-state index contributed by atoms with van der Waals surface area (Å²) >= 11 is 5.13. The molecule has 108 valence electrons. The Bertz CT molecular complexity index is 653. The van der Waals surface area contributed by atoms with Gasteiger partial charge in [-0.15, -0.1) is 0 Å². The van der Waals surface area contributed by atoms with Gasteiger partial charge < -0.3 is 10.5 Å². The van der Waals surface area contributed by atoms with Crippen molar-refractivity contribution in [3.05, 3.63) is 54.0 Å². The van der Waals surface area contributed by atoms with E-state index in [9.17, 15) is 0 Å². The van der Waals surface area contributed by atoms with E-state index in [0.717, 1.165) is 22.6 Å². The highest BCUT2D eigenvalue weighted by atomic mass is 32.1. The molecule has 5 heteroatoms. The maximum absolute atomic E-state index is 5.86.